The van der Waals surface area contributed by atoms with Crippen LogP contribution in [0.1, 0.15) is 12.0 Å². The number of anilines is 1. The fourth-order valence-corrected chi connectivity index (χ4v) is 2.23. The Balaban J connectivity index is 1.95. The highest BCUT2D eigenvalue weighted by Crippen LogP contribution is 2.25. The van der Waals surface area contributed by atoms with Crippen LogP contribution in [0.25, 0.3) is 0 Å². The number of benzene rings is 2. The van der Waals surface area contributed by atoms with Crippen molar-refractivity contribution in [3.63, 3.8) is 0 Å². The molecule has 1 unspecified atom stereocenters. The second-order valence-electron chi connectivity index (χ2n) is 5.18. The fourth-order valence-electron chi connectivity index (χ4n) is 2.23. The van der Waals surface area contributed by atoms with Crippen molar-refractivity contribution in [2.24, 2.45) is 5.92 Å². The zero-order valence-electron chi connectivity index (χ0n) is 12.1. The predicted molar refractivity (Wildman–Crippen MR) is 83.7 cm³/mol. The molecule has 2 aromatic rings. The summed E-state index contributed by atoms with van der Waals surface area (Å²) in [7, 11) is 0. The lowest BCUT2D eigenvalue weighted by atomic mass is 9.96. The molecule has 4 N–H and O–H groups in total. The van der Waals surface area contributed by atoms with Crippen molar-refractivity contribution < 1.29 is 20.1 Å². The third-order valence-corrected chi connectivity index (χ3v) is 3.37. The van der Waals surface area contributed by atoms with Crippen molar-refractivity contribution >= 4 is 11.6 Å². The predicted octanol–water partition coefficient (Wildman–Crippen LogP) is 2.28. The van der Waals surface area contributed by atoms with E-state index in [0.717, 1.165) is 0 Å². The summed E-state index contributed by atoms with van der Waals surface area (Å²) in [5.41, 5.74) is 1.29. The van der Waals surface area contributed by atoms with Crippen molar-refractivity contribution in [1.82, 2.24) is 0 Å². The molecule has 5 nitrogen and oxygen atoms in total. The van der Waals surface area contributed by atoms with Crippen LogP contribution < -0.4 is 5.32 Å². The van der Waals surface area contributed by atoms with Gasteiger partial charge in [-0.2, -0.15) is 0 Å². The van der Waals surface area contributed by atoms with Gasteiger partial charge in [-0.05, 0) is 36.1 Å². The molecular formula is C17H19NO4. The van der Waals surface area contributed by atoms with Crippen LogP contribution >= 0.6 is 0 Å². The molecule has 1 amide bonds. The van der Waals surface area contributed by atoms with Gasteiger partial charge in [0.1, 0.15) is 11.5 Å². The molecule has 0 aliphatic rings. The number of amides is 1. The number of phenolic OH excluding ortho intramolecular Hbond substituents is 2. The van der Waals surface area contributed by atoms with Crippen LogP contribution in [0, 0.1) is 5.92 Å². The van der Waals surface area contributed by atoms with Crippen molar-refractivity contribution in [2.45, 2.75) is 12.8 Å². The number of carbonyl (C=O) groups excluding carboxylic acids is 1. The molecule has 0 saturated carbocycles. The van der Waals surface area contributed by atoms with Crippen LogP contribution in [0.4, 0.5) is 5.69 Å². The van der Waals surface area contributed by atoms with E-state index >= 15 is 0 Å². The van der Waals surface area contributed by atoms with Crippen LogP contribution in [0.5, 0.6) is 11.5 Å². The average Bonchev–Trinajstić information content (AvgIpc) is 2.50. The topological polar surface area (TPSA) is 89.8 Å². The van der Waals surface area contributed by atoms with E-state index in [1.54, 1.807) is 18.2 Å². The zero-order chi connectivity index (χ0) is 15.9. The number of aromatic hydroxyl groups is 2. The summed E-state index contributed by atoms with van der Waals surface area (Å²) in [6.45, 7) is -0.164. The van der Waals surface area contributed by atoms with Gasteiger partial charge in [-0.25, -0.2) is 0 Å². The number of aliphatic hydroxyl groups excluding tert-OH is 1. The van der Waals surface area contributed by atoms with Crippen molar-refractivity contribution in [2.75, 3.05) is 11.9 Å². The Labute approximate surface area is 128 Å². The monoisotopic (exact) mass is 301 g/mol. The van der Waals surface area contributed by atoms with E-state index in [4.69, 9.17) is 0 Å². The number of hydrogen-bond acceptors (Lipinski definition) is 4. The Morgan fingerprint density at radius 2 is 1.82 bits per heavy atom. The summed E-state index contributed by atoms with van der Waals surface area (Å²) in [4.78, 5) is 12.0. The summed E-state index contributed by atoms with van der Waals surface area (Å²) in [6, 6.07) is 13.4. The van der Waals surface area contributed by atoms with Crippen LogP contribution in [0.3, 0.4) is 0 Å². The van der Waals surface area contributed by atoms with Gasteiger partial charge in [-0.3, -0.25) is 4.79 Å². The molecule has 0 aliphatic carbocycles. The molecule has 0 heterocycles. The number of phenols is 2. The van der Waals surface area contributed by atoms with Crippen LogP contribution in [0.2, 0.25) is 0 Å². The first-order valence-electron chi connectivity index (χ1n) is 7.05. The molecule has 5 heteroatoms. The van der Waals surface area contributed by atoms with E-state index in [0.29, 0.717) is 17.7 Å². The molecule has 0 radical (unpaired) electrons. The lowest BCUT2D eigenvalue weighted by molar-refractivity contribution is -0.117. The van der Waals surface area contributed by atoms with Crippen molar-refractivity contribution in [3.05, 3.63) is 54.1 Å². The lowest BCUT2D eigenvalue weighted by Crippen LogP contribution is -2.20. The highest BCUT2D eigenvalue weighted by molar-refractivity contribution is 5.90. The second kappa shape index (κ2) is 7.47. The fraction of sp³-hybridized carbons (Fsp3) is 0.235. The maximum absolute atomic E-state index is 12.0. The van der Waals surface area contributed by atoms with Gasteiger partial charge in [0.15, 0.2) is 0 Å². The quantitative estimate of drug-likeness (QED) is 0.659. The smallest absolute Gasteiger partial charge is 0.224 e. The van der Waals surface area contributed by atoms with E-state index < -0.39 is 0 Å². The molecule has 0 bridgehead atoms. The lowest BCUT2D eigenvalue weighted by Gasteiger charge is -2.15. The normalized spacial score (nSPS) is 11.9. The first kappa shape index (κ1) is 15.9. The number of rotatable bonds is 6. The van der Waals surface area contributed by atoms with E-state index in [2.05, 4.69) is 5.32 Å². The van der Waals surface area contributed by atoms with Crippen LogP contribution in [0.15, 0.2) is 48.5 Å². The first-order valence-corrected chi connectivity index (χ1v) is 7.05. The number of hydrogen-bond donors (Lipinski definition) is 4. The number of nitrogens with one attached hydrogen (secondary N) is 1. The van der Waals surface area contributed by atoms with Crippen LogP contribution in [-0.4, -0.2) is 27.8 Å². The molecule has 1 atom stereocenters. The van der Waals surface area contributed by atoms with Gasteiger partial charge in [0, 0.05) is 24.8 Å². The Morgan fingerprint density at radius 3 is 2.45 bits per heavy atom. The van der Waals surface area contributed by atoms with Gasteiger partial charge in [-0.1, -0.05) is 24.3 Å². The third-order valence-electron chi connectivity index (χ3n) is 3.37. The highest BCUT2D eigenvalue weighted by Gasteiger charge is 2.16. The first-order chi connectivity index (χ1) is 10.6. The third kappa shape index (κ3) is 4.49. The van der Waals surface area contributed by atoms with E-state index in [1.165, 1.54) is 12.1 Å². The van der Waals surface area contributed by atoms with E-state index in [1.807, 2.05) is 18.2 Å². The molecule has 0 spiro atoms. The van der Waals surface area contributed by atoms with Gasteiger partial charge >= 0.3 is 0 Å². The SMILES string of the molecule is O=C(CC(CO)Cc1ccc(O)cc1O)Nc1ccccc1. The zero-order valence-corrected chi connectivity index (χ0v) is 12.1. The molecule has 0 saturated heterocycles. The highest BCUT2D eigenvalue weighted by atomic mass is 16.3. The summed E-state index contributed by atoms with van der Waals surface area (Å²) in [5.74, 6) is -0.562. The van der Waals surface area contributed by atoms with Crippen molar-refractivity contribution in [1.29, 1.82) is 0 Å². The Hall–Kier alpha value is -2.53. The van der Waals surface area contributed by atoms with E-state index in [9.17, 15) is 20.1 Å². The molecule has 0 aliphatic heterocycles. The molecule has 116 valence electrons. The van der Waals surface area contributed by atoms with Gasteiger partial charge < -0.3 is 20.6 Å². The largest absolute Gasteiger partial charge is 0.508 e. The summed E-state index contributed by atoms with van der Waals surface area (Å²) in [5, 5.41) is 31.2. The minimum atomic E-state index is -0.306. The van der Waals surface area contributed by atoms with Gasteiger partial charge in [0.05, 0.1) is 0 Å². The number of carbonyl (C=O) groups is 1. The Bertz CT molecular complexity index is 628. The van der Waals surface area contributed by atoms with Gasteiger partial charge in [0.25, 0.3) is 0 Å². The molecule has 0 aromatic heterocycles. The Morgan fingerprint density at radius 1 is 1.09 bits per heavy atom. The summed E-state index contributed by atoms with van der Waals surface area (Å²) < 4.78 is 0. The van der Waals surface area contributed by atoms with E-state index in [-0.39, 0.29) is 36.4 Å². The molecule has 2 rings (SSSR count). The number of aliphatic hydroxyl groups is 1. The van der Waals surface area contributed by atoms with Crippen LogP contribution in [-0.2, 0) is 11.2 Å². The molecule has 22 heavy (non-hydrogen) atoms. The number of para-hydroxylation sites is 1. The minimum absolute atomic E-state index is 0.0244. The standard InChI is InChI=1S/C17H19NO4/c19-11-12(8-13-6-7-15(20)10-16(13)21)9-17(22)18-14-4-2-1-3-5-14/h1-7,10,12,19-21H,8-9,11H2,(H,18,22). The minimum Gasteiger partial charge on any atom is -0.508 e. The second-order valence-corrected chi connectivity index (χ2v) is 5.18. The Kier molecular flexibility index (Phi) is 5.38. The summed E-state index contributed by atoms with van der Waals surface area (Å²) >= 11 is 0. The maximum Gasteiger partial charge on any atom is 0.224 e. The summed E-state index contributed by atoms with van der Waals surface area (Å²) in [6.07, 6.45) is 0.497. The average molecular weight is 301 g/mol. The molecule has 2 aromatic carbocycles. The molecular weight excluding hydrogens is 282 g/mol. The maximum atomic E-state index is 12.0. The van der Waals surface area contributed by atoms with Gasteiger partial charge in [0.2, 0.25) is 5.91 Å². The van der Waals surface area contributed by atoms with Gasteiger partial charge in [-0.15, -0.1) is 0 Å². The van der Waals surface area contributed by atoms with Crippen molar-refractivity contribution in [3.8, 4) is 11.5 Å². The molecule has 0 fully saturated rings.